The van der Waals surface area contributed by atoms with Crippen LogP contribution in [-0.2, 0) is 0 Å². The molecular weight excluding hydrogens is 184 g/mol. The van der Waals surface area contributed by atoms with E-state index in [0.717, 1.165) is 5.82 Å². The number of nitrogens with zero attached hydrogens (tertiary/aromatic N) is 2. The molecule has 2 heteroatoms. The van der Waals surface area contributed by atoms with Gasteiger partial charge in [-0.15, -0.1) is 0 Å². The zero-order valence-corrected chi connectivity index (χ0v) is 10.7. The molecular formula is C13H22N2. The molecule has 1 rings (SSSR count). The number of aromatic nitrogens is 1. The Labute approximate surface area is 93.3 Å². The monoisotopic (exact) mass is 206 g/mol. The van der Waals surface area contributed by atoms with Crippen molar-refractivity contribution in [2.75, 3.05) is 19.0 Å². The van der Waals surface area contributed by atoms with E-state index in [1.807, 2.05) is 14.1 Å². The predicted octanol–water partition coefficient (Wildman–Crippen LogP) is 3.39. The second-order valence-corrected chi connectivity index (χ2v) is 4.89. The third-order valence-electron chi connectivity index (χ3n) is 2.57. The van der Waals surface area contributed by atoms with Crippen molar-refractivity contribution in [3.8, 4) is 0 Å². The van der Waals surface area contributed by atoms with E-state index in [1.165, 1.54) is 11.3 Å². The molecule has 0 aromatic carbocycles. The first-order valence-electron chi connectivity index (χ1n) is 5.61. The molecule has 0 unspecified atom stereocenters. The maximum atomic E-state index is 4.64. The number of pyridine rings is 1. The zero-order chi connectivity index (χ0) is 11.6. The highest BCUT2D eigenvalue weighted by Gasteiger charge is 2.09. The molecule has 0 fully saturated rings. The molecule has 0 atom stereocenters. The summed E-state index contributed by atoms with van der Waals surface area (Å²) in [6.07, 6.45) is 0. The van der Waals surface area contributed by atoms with E-state index in [4.69, 9.17) is 0 Å². The molecule has 0 saturated heterocycles. The van der Waals surface area contributed by atoms with Gasteiger partial charge in [0.1, 0.15) is 5.82 Å². The Bertz CT molecular complexity index is 263. The third kappa shape index (κ3) is 2.95. The summed E-state index contributed by atoms with van der Waals surface area (Å²) in [5, 5.41) is 0. The molecule has 2 nitrogen and oxygen atoms in total. The molecule has 0 aliphatic heterocycles. The quantitative estimate of drug-likeness (QED) is 0.753. The Morgan fingerprint density at radius 1 is 1.00 bits per heavy atom. The highest BCUT2D eigenvalue weighted by atomic mass is 15.1. The van der Waals surface area contributed by atoms with Crippen molar-refractivity contribution in [1.29, 1.82) is 0 Å². The maximum absolute atomic E-state index is 4.64. The summed E-state index contributed by atoms with van der Waals surface area (Å²) in [7, 11) is 4.08. The summed E-state index contributed by atoms with van der Waals surface area (Å²) in [4.78, 5) is 6.71. The first-order valence-corrected chi connectivity index (χ1v) is 5.61. The van der Waals surface area contributed by atoms with Crippen molar-refractivity contribution >= 4 is 5.82 Å². The van der Waals surface area contributed by atoms with Crippen LogP contribution in [0.3, 0.4) is 0 Å². The van der Waals surface area contributed by atoms with Crippen molar-refractivity contribution in [2.45, 2.75) is 39.5 Å². The van der Waals surface area contributed by atoms with Crippen LogP contribution in [0.25, 0.3) is 0 Å². The third-order valence-corrected chi connectivity index (χ3v) is 2.57. The van der Waals surface area contributed by atoms with E-state index in [-0.39, 0.29) is 0 Å². The first kappa shape index (κ1) is 12.0. The van der Waals surface area contributed by atoms with Crippen LogP contribution in [0.5, 0.6) is 0 Å². The molecule has 0 spiro atoms. The van der Waals surface area contributed by atoms with Crippen molar-refractivity contribution in [1.82, 2.24) is 4.98 Å². The fraction of sp³-hybridized carbons (Fsp3) is 0.615. The molecule has 0 amide bonds. The molecule has 0 radical (unpaired) electrons. The van der Waals surface area contributed by atoms with Crippen LogP contribution in [-0.4, -0.2) is 19.1 Å². The van der Waals surface area contributed by atoms with Crippen molar-refractivity contribution < 1.29 is 0 Å². The van der Waals surface area contributed by atoms with Crippen molar-refractivity contribution in [3.63, 3.8) is 0 Å². The van der Waals surface area contributed by atoms with Gasteiger partial charge in [-0.1, -0.05) is 27.7 Å². The Hall–Kier alpha value is -1.05. The Morgan fingerprint density at radius 2 is 1.60 bits per heavy atom. The first-order chi connectivity index (χ1) is 6.91. The van der Waals surface area contributed by atoms with Crippen LogP contribution in [0.1, 0.15) is 50.8 Å². The molecule has 0 saturated carbocycles. The second-order valence-electron chi connectivity index (χ2n) is 4.89. The van der Waals surface area contributed by atoms with E-state index in [9.17, 15) is 0 Å². The van der Waals surface area contributed by atoms with E-state index >= 15 is 0 Å². The maximum Gasteiger partial charge on any atom is 0.128 e. The average molecular weight is 206 g/mol. The molecule has 0 bridgehead atoms. The Morgan fingerprint density at radius 3 is 2.00 bits per heavy atom. The lowest BCUT2D eigenvalue weighted by molar-refractivity contribution is 0.795. The summed E-state index contributed by atoms with van der Waals surface area (Å²) >= 11 is 0. The standard InChI is InChI=1S/C13H22N2/c1-9(2)11-7-12(10(3)4)14-13(8-11)15(5)6/h7-10H,1-6H3. The highest BCUT2D eigenvalue weighted by molar-refractivity contribution is 5.42. The Balaban J connectivity index is 3.20. The van der Waals surface area contributed by atoms with Crippen LogP contribution in [0.4, 0.5) is 5.82 Å². The minimum atomic E-state index is 0.488. The number of hydrogen-bond donors (Lipinski definition) is 0. The molecule has 0 aliphatic carbocycles. The van der Waals surface area contributed by atoms with E-state index < -0.39 is 0 Å². The van der Waals surface area contributed by atoms with Crippen LogP contribution >= 0.6 is 0 Å². The number of rotatable bonds is 3. The summed E-state index contributed by atoms with van der Waals surface area (Å²) in [6, 6.07) is 4.40. The van der Waals surface area contributed by atoms with Crippen molar-refractivity contribution in [3.05, 3.63) is 23.4 Å². The van der Waals surface area contributed by atoms with Gasteiger partial charge in [0, 0.05) is 19.8 Å². The molecule has 1 aromatic rings. The van der Waals surface area contributed by atoms with Gasteiger partial charge in [-0.25, -0.2) is 4.98 Å². The van der Waals surface area contributed by atoms with Crippen LogP contribution in [0.15, 0.2) is 12.1 Å². The smallest absolute Gasteiger partial charge is 0.128 e. The fourth-order valence-electron chi connectivity index (χ4n) is 1.42. The van der Waals surface area contributed by atoms with E-state index in [1.54, 1.807) is 0 Å². The van der Waals surface area contributed by atoms with Gasteiger partial charge in [0.05, 0.1) is 0 Å². The number of hydrogen-bond acceptors (Lipinski definition) is 2. The van der Waals surface area contributed by atoms with Gasteiger partial charge in [-0.2, -0.15) is 0 Å². The lowest BCUT2D eigenvalue weighted by Gasteiger charge is -2.17. The van der Waals surface area contributed by atoms with Gasteiger partial charge >= 0.3 is 0 Å². The lowest BCUT2D eigenvalue weighted by Crippen LogP contribution is -2.12. The van der Waals surface area contributed by atoms with Crippen LogP contribution in [0, 0.1) is 0 Å². The summed E-state index contributed by atoms with van der Waals surface area (Å²) in [5.74, 6) is 2.11. The fourth-order valence-corrected chi connectivity index (χ4v) is 1.42. The topological polar surface area (TPSA) is 16.1 Å². The molecule has 0 N–H and O–H groups in total. The van der Waals surface area contributed by atoms with E-state index in [0.29, 0.717) is 11.8 Å². The minimum Gasteiger partial charge on any atom is -0.363 e. The van der Waals surface area contributed by atoms with Gasteiger partial charge in [0.15, 0.2) is 0 Å². The van der Waals surface area contributed by atoms with E-state index in [2.05, 4.69) is 49.7 Å². The zero-order valence-electron chi connectivity index (χ0n) is 10.7. The summed E-state index contributed by atoms with van der Waals surface area (Å²) < 4.78 is 0. The highest BCUT2D eigenvalue weighted by Crippen LogP contribution is 2.23. The van der Waals surface area contributed by atoms with Gasteiger partial charge in [0.2, 0.25) is 0 Å². The molecule has 15 heavy (non-hydrogen) atoms. The second kappa shape index (κ2) is 4.65. The lowest BCUT2D eigenvalue weighted by atomic mass is 10.00. The Kier molecular flexibility index (Phi) is 3.72. The van der Waals surface area contributed by atoms with Crippen LogP contribution < -0.4 is 4.90 Å². The predicted molar refractivity (Wildman–Crippen MR) is 66.7 cm³/mol. The summed E-state index contributed by atoms with van der Waals surface area (Å²) in [6.45, 7) is 8.82. The normalized spacial score (nSPS) is 11.2. The largest absolute Gasteiger partial charge is 0.363 e. The SMILES string of the molecule is CC(C)c1cc(C(C)C)nc(N(C)C)c1. The minimum absolute atomic E-state index is 0.488. The van der Waals surface area contributed by atoms with Gasteiger partial charge in [-0.05, 0) is 29.5 Å². The molecule has 1 aromatic heterocycles. The average Bonchev–Trinajstić information content (AvgIpc) is 2.16. The van der Waals surface area contributed by atoms with Gasteiger partial charge in [0.25, 0.3) is 0 Å². The number of anilines is 1. The van der Waals surface area contributed by atoms with Crippen molar-refractivity contribution in [2.24, 2.45) is 0 Å². The summed E-state index contributed by atoms with van der Waals surface area (Å²) in [5.41, 5.74) is 2.56. The molecule has 0 aliphatic rings. The molecule has 84 valence electrons. The van der Waals surface area contributed by atoms with Crippen LogP contribution in [0.2, 0.25) is 0 Å². The van der Waals surface area contributed by atoms with Gasteiger partial charge < -0.3 is 4.90 Å². The molecule has 1 heterocycles. The van der Waals surface area contributed by atoms with Gasteiger partial charge in [-0.3, -0.25) is 0 Å².